The highest BCUT2D eigenvalue weighted by Gasteiger charge is 2.17. The zero-order valence-corrected chi connectivity index (χ0v) is 18.3. The van der Waals surface area contributed by atoms with Crippen LogP contribution in [0.3, 0.4) is 0 Å². The molecule has 9 heteroatoms. The maximum absolute atomic E-state index is 12.9. The number of carbonyl (C=O) groups excluding carboxylic acids is 2. The van der Waals surface area contributed by atoms with Crippen molar-refractivity contribution >= 4 is 28.9 Å². The predicted octanol–water partition coefficient (Wildman–Crippen LogP) is 4.59. The molecular formula is C25H21N5O4. The third-order valence-electron chi connectivity index (χ3n) is 4.98. The molecule has 0 atom stereocenters. The minimum atomic E-state index is -0.463. The van der Waals surface area contributed by atoms with Crippen molar-refractivity contribution < 1.29 is 14.5 Å². The first-order valence-corrected chi connectivity index (χ1v) is 10.5. The molecule has 170 valence electrons. The summed E-state index contributed by atoms with van der Waals surface area (Å²) in [7, 11) is 0. The summed E-state index contributed by atoms with van der Waals surface area (Å²) in [5.74, 6) is -0.472. The van der Waals surface area contributed by atoms with E-state index in [-0.39, 0.29) is 23.9 Å². The number of carbonyl (C=O) groups is 2. The number of nitrogens with one attached hydrogen (secondary N) is 2. The fourth-order valence-electron chi connectivity index (χ4n) is 3.49. The molecule has 2 amide bonds. The zero-order chi connectivity index (χ0) is 24.1. The lowest BCUT2D eigenvalue weighted by Gasteiger charge is -2.08. The quantitative estimate of drug-likeness (QED) is 0.312. The lowest BCUT2D eigenvalue weighted by atomic mass is 10.1. The summed E-state index contributed by atoms with van der Waals surface area (Å²) in [6.07, 6.45) is 1.81. The molecule has 0 spiro atoms. The number of non-ortho nitro benzene ring substituents is 1. The summed E-state index contributed by atoms with van der Waals surface area (Å²) in [6, 6.07) is 22.4. The maximum Gasteiger partial charge on any atom is 0.269 e. The number of aromatic nitrogens is 2. The van der Waals surface area contributed by atoms with Gasteiger partial charge in [0.25, 0.3) is 5.69 Å². The van der Waals surface area contributed by atoms with Gasteiger partial charge in [0.05, 0.1) is 22.7 Å². The van der Waals surface area contributed by atoms with Crippen molar-refractivity contribution in [3.8, 4) is 16.9 Å². The first-order valence-electron chi connectivity index (χ1n) is 10.5. The van der Waals surface area contributed by atoms with Gasteiger partial charge in [-0.25, -0.2) is 4.68 Å². The monoisotopic (exact) mass is 455 g/mol. The Kier molecular flexibility index (Phi) is 6.45. The van der Waals surface area contributed by atoms with Crippen LogP contribution < -0.4 is 10.6 Å². The summed E-state index contributed by atoms with van der Waals surface area (Å²) in [6.45, 7) is 1.41. The van der Waals surface area contributed by atoms with Crippen molar-refractivity contribution in [3.05, 3.63) is 101 Å². The summed E-state index contributed by atoms with van der Waals surface area (Å²) in [5.41, 5.74) is 3.80. The highest BCUT2D eigenvalue weighted by atomic mass is 16.6. The van der Waals surface area contributed by atoms with E-state index in [1.807, 2.05) is 30.3 Å². The topological polar surface area (TPSA) is 119 Å². The van der Waals surface area contributed by atoms with Crippen molar-refractivity contribution in [2.24, 2.45) is 0 Å². The van der Waals surface area contributed by atoms with E-state index in [1.54, 1.807) is 47.3 Å². The van der Waals surface area contributed by atoms with Gasteiger partial charge in [-0.15, -0.1) is 0 Å². The Bertz CT molecular complexity index is 1350. The first-order chi connectivity index (χ1) is 16.4. The van der Waals surface area contributed by atoms with Gasteiger partial charge in [0.15, 0.2) is 0 Å². The summed E-state index contributed by atoms with van der Waals surface area (Å²) >= 11 is 0. The molecule has 0 fully saturated rings. The molecule has 34 heavy (non-hydrogen) atoms. The molecular weight excluding hydrogens is 434 g/mol. The highest BCUT2D eigenvalue weighted by Crippen LogP contribution is 2.26. The van der Waals surface area contributed by atoms with Gasteiger partial charge < -0.3 is 10.6 Å². The Morgan fingerprint density at radius 2 is 1.62 bits per heavy atom. The van der Waals surface area contributed by atoms with Crippen LogP contribution >= 0.6 is 0 Å². The van der Waals surface area contributed by atoms with E-state index in [0.29, 0.717) is 28.2 Å². The van der Waals surface area contributed by atoms with Gasteiger partial charge in [0.1, 0.15) is 0 Å². The maximum atomic E-state index is 12.9. The van der Waals surface area contributed by atoms with Gasteiger partial charge >= 0.3 is 0 Å². The molecule has 2 N–H and O–H groups in total. The molecule has 1 aromatic heterocycles. The van der Waals surface area contributed by atoms with Crippen LogP contribution in [0.4, 0.5) is 17.1 Å². The molecule has 3 aromatic carbocycles. The molecule has 4 rings (SSSR count). The van der Waals surface area contributed by atoms with Gasteiger partial charge in [0, 0.05) is 47.8 Å². The molecule has 9 nitrogen and oxygen atoms in total. The van der Waals surface area contributed by atoms with Crippen molar-refractivity contribution in [2.45, 2.75) is 13.3 Å². The van der Waals surface area contributed by atoms with Crippen molar-refractivity contribution in [3.63, 3.8) is 0 Å². The highest BCUT2D eigenvalue weighted by molar-refractivity contribution is 5.95. The average molecular weight is 455 g/mol. The number of hydrogen-bond acceptors (Lipinski definition) is 5. The third-order valence-corrected chi connectivity index (χ3v) is 4.98. The van der Waals surface area contributed by atoms with Crippen LogP contribution in [-0.4, -0.2) is 26.5 Å². The summed E-state index contributed by atoms with van der Waals surface area (Å²) in [5, 5.41) is 21.2. The minimum Gasteiger partial charge on any atom is -0.326 e. The minimum absolute atomic E-state index is 0.0235. The van der Waals surface area contributed by atoms with Crippen molar-refractivity contribution in [1.82, 2.24) is 9.78 Å². The van der Waals surface area contributed by atoms with Gasteiger partial charge in [-0.1, -0.05) is 24.3 Å². The Hall–Kier alpha value is -4.79. The van der Waals surface area contributed by atoms with Crippen LogP contribution in [0.15, 0.2) is 85.1 Å². The Morgan fingerprint density at radius 3 is 2.26 bits per heavy atom. The van der Waals surface area contributed by atoms with Crippen LogP contribution in [0.5, 0.6) is 0 Å². The normalized spacial score (nSPS) is 10.5. The molecule has 0 bridgehead atoms. The third kappa shape index (κ3) is 5.33. The zero-order valence-electron chi connectivity index (χ0n) is 18.3. The molecule has 1 heterocycles. The van der Waals surface area contributed by atoms with E-state index in [1.165, 1.54) is 19.1 Å². The van der Waals surface area contributed by atoms with Crippen LogP contribution in [0, 0.1) is 10.1 Å². The smallest absolute Gasteiger partial charge is 0.269 e. The lowest BCUT2D eigenvalue weighted by Crippen LogP contribution is -2.15. The van der Waals surface area contributed by atoms with Crippen LogP contribution in [-0.2, 0) is 16.0 Å². The second-order valence-corrected chi connectivity index (χ2v) is 7.57. The largest absolute Gasteiger partial charge is 0.326 e. The predicted molar refractivity (Wildman–Crippen MR) is 129 cm³/mol. The molecule has 0 aliphatic carbocycles. The molecule has 0 aliphatic heterocycles. The number of rotatable bonds is 7. The number of nitro groups is 1. The molecule has 0 aliphatic rings. The van der Waals surface area contributed by atoms with E-state index in [0.717, 1.165) is 5.69 Å². The van der Waals surface area contributed by atoms with E-state index in [2.05, 4.69) is 15.7 Å². The van der Waals surface area contributed by atoms with Gasteiger partial charge in [-0.2, -0.15) is 5.10 Å². The van der Waals surface area contributed by atoms with E-state index < -0.39 is 4.92 Å². The Labute approximate surface area is 195 Å². The van der Waals surface area contributed by atoms with E-state index in [9.17, 15) is 19.7 Å². The van der Waals surface area contributed by atoms with Gasteiger partial charge in [0.2, 0.25) is 11.8 Å². The fraction of sp³-hybridized carbons (Fsp3) is 0.0800. The average Bonchev–Trinajstić information content (AvgIpc) is 3.23. The molecule has 4 aromatic rings. The number of benzene rings is 3. The number of nitro benzene ring substituents is 1. The van der Waals surface area contributed by atoms with Crippen LogP contribution in [0.25, 0.3) is 16.9 Å². The Balaban J connectivity index is 1.62. The second-order valence-electron chi connectivity index (χ2n) is 7.57. The molecule has 0 radical (unpaired) electrons. The van der Waals surface area contributed by atoms with Crippen molar-refractivity contribution in [1.29, 1.82) is 0 Å². The fourth-order valence-corrected chi connectivity index (χ4v) is 3.49. The van der Waals surface area contributed by atoms with Crippen LogP contribution in [0.1, 0.15) is 12.5 Å². The molecule has 0 unspecified atom stereocenters. The van der Waals surface area contributed by atoms with Gasteiger partial charge in [-0.3, -0.25) is 19.7 Å². The molecule has 0 saturated heterocycles. The number of amides is 2. The van der Waals surface area contributed by atoms with Crippen LogP contribution in [0.2, 0.25) is 0 Å². The Morgan fingerprint density at radius 1 is 0.941 bits per heavy atom. The first kappa shape index (κ1) is 22.4. The summed E-state index contributed by atoms with van der Waals surface area (Å²) < 4.78 is 1.68. The number of nitrogens with zero attached hydrogens (tertiary/aromatic N) is 3. The van der Waals surface area contributed by atoms with E-state index >= 15 is 0 Å². The number of anilines is 2. The summed E-state index contributed by atoms with van der Waals surface area (Å²) in [4.78, 5) is 34.7. The van der Waals surface area contributed by atoms with E-state index in [4.69, 9.17) is 0 Å². The second kappa shape index (κ2) is 9.78. The number of para-hydroxylation sites is 1. The molecule has 0 saturated carbocycles. The lowest BCUT2D eigenvalue weighted by molar-refractivity contribution is -0.384. The number of hydrogen-bond donors (Lipinski definition) is 2. The van der Waals surface area contributed by atoms with Gasteiger partial charge in [-0.05, 0) is 42.5 Å². The SMILES string of the molecule is CC(=O)Nc1cccc(NC(=O)Cc2cn(-c3ccccc3)nc2-c2ccc([N+](=O)[O-])cc2)c1. The standard InChI is InChI=1S/C25H21N5O4/c1-17(31)26-20-6-5-7-21(15-20)27-24(32)14-19-16-29(22-8-3-2-4-9-22)28-25(19)18-10-12-23(13-11-18)30(33)34/h2-13,15-16H,14H2,1H3,(H,26,31)(H,27,32). The van der Waals surface area contributed by atoms with Crippen molar-refractivity contribution in [2.75, 3.05) is 10.6 Å².